The Bertz CT molecular complexity index is 695. The van der Waals surface area contributed by atoms with Crippen molar-refractivity contribution in [3.63, 3.8) is 0 Å². The minimum Gasteiger partial charge on any atom is -0.373 e. The van der Waals surface area contributed by atoms with Gasteiger partial charge in [-0.25, -0.2) is 18.1 Å². The fourth-order valence-corrected chi connectivity index (χ4v) is 3.90. The third-order valence-electron chi connectivity index (χ3n) is 3.19. The van der Waals surface area contributed by atoms with Gasteiger partial charge in [-0.05, 0) is 17.5 Å². The Balaban J connectivity index is 2.14. The molecule has 0 aromatic carbocycles. The summed E-state index contributed by atoms with van der Waals surface area (Å²) in [7, 11) is -1.84. The van der Waals surface area contributed by atoms with Gasteiger partial charge >= 0.3 is 0 Å². The summed E-state index contributed by atoms with van der Waals surface area (Å²) < 4.78 is 27.4. The van der Waals surface area contributed by atoms with Crippen LogP contribution in [0.25, 0.3) is 0 Å². The number of nitrogens with one attached hydrogen (secondary N) is 2. The maximum Gasteiger partial charge on any atom is 0.240 e. The molecule has 2 heterocycles. The maximum absolute atomic E-state index is 12.4. The molecular formula is C14H19N3O2S2. The average Bonchev–Trinajstić information content (AvgIpc) is 3.01. The molecule has 0 aliphatic rings. The molecule has 0 aliphatic heterocycles. The molecule has 7 heteroatoms. The Kier molecular flexibility index (Phi) is 4.65. The van der Waals surface area contributed by atoms with Crippen LogP contribution < -0.4 is 10.0 Å². The van der Waals surface area contributed by atoms with E-state index in [0.717, 1.165) is 4.88 Å². The summed E-state index contributed by atoms with van der Waals surface area (Å²) in [5, 5.41) is 4.83. The summed E-state index contributed by atoms with van der Waals surface area (Å²) in [6.07, 6.45) is 1.48. The SMILES string of the molecule is CNc1cc(S(=O)(=O)NCC(C)(C)c2cccs2)ccn1. The Labute approximate surface area is 129 Å². The van der Waals surface area contributed by atoms with Crippen molar-refractivity contribution in [1.82, 2.24) is 9.71 Å². The zero-order valence-electron chi connectivity index (χ0n) is 12.3. The lowest BCUT2D eigenvalue weighted by molar-refractivity contribution is 0.509. The number of sulfonamides is 1. The zero-order valence-corrected chi connectivity index (χ0v) is 13.9. The minimum atomic E-state index is -3.54. The molecule has 0 saturated heterocycles. The molecule has 0 spiro atoms. The summed E-state index contributed by atoms with van der Waals surface area (Å²) in [6.45, 7) is 4.38. The van der Waals surface area contributed by atoms with Crippen molar-refractivity contribution < 1.29 is 8.42 Å². The van der Waals surface area contributed by atoms with Crippen molar-refractivity contribution in [2.45, 2.75) is 24.2 Å². The van der Waals surface area contributed by atoms with E-state index in [0.29, 0.717) is 12.4 Å². The highest BCUT2D eigenvalue weighted by atomic mass is 32.2. The molecule has 0 saturated carbocycles. The lowest BCUT2D eigenvalue weighted by atomic mass is 9.92. The van der Waals surface area contributed by atoms with E-state index in [-0.39, 0.29) is 10.3 Å². The monoisotopic (exact) mass is 325 g/mol. The number of nitrogens with zero attached hydrogens (tertiary/aromatic N) is 1. The lowest BCUT2D eigenvalue weighted by Crippen LogP contribution is -2.36. The van der Waals surface area contributed by atoms with Gasteiger partial charge in [0.2, 0.25) is 10.0 Å². The third kappa shape index (κ3) is 3.81. The molecule has 114 valence electrons. The second kappa shape index (κ2) is 6.13. The molecule has 0 radical (unpaired) electrons. The molecule has 0 unspecified atom stereocenters. The summed E-state index contributed by atoms with van der Waals surface area (Å²) >= 11 is 1.63. The first kappa shape index (κ1) is 15.9. The predicted octanol–water partition coefficient (Wildman–Crippen LogP) is 2.44. The van der Waals surface area contributed by atoms with Crippen LogP contribution in [0.5, 0.6) is 0 Å². The van der Waals surface area contributed by atoms with Crippen LogP contribution in [0.1, 0.15) is 18.7 Å². The fourth-order valence-electron chi connectivity index (χ4n) is 1.82. The van der Waals surface area contributed by atoms with E-state index in [1.54, 1.807) is 18.4 Å². The first-order valence-electron chi connectivity index (χ1n) is 6.53. The highest BCUT2D eigenvalue weighted by Gasteiger charge is 2.25. The number of aromatic nitrogens is 1. The summed E-state index contributed by atoms with van der Waals surface area (Å²) in [5.74, 6) is 0.524. The first-order chi connectivity index (χ1) is 9.85. The molecule has 0 atom stereocenters. The van der Waals surface area contributed by atoms with Gasteiger partial charge < -0.3 is 5.32 Å². The van der Waals surface area contributed by atoms with E-state index in [4.69, 9.17) is 0 Å². The van der Waals surface area contributed by atoms with Crippen LogP contribution in [0.3, 0.4) is 0 Å². The number of rotatable bonds is 6. The van der Waals surface area contributed by atoms with Crippen LogP contribution in [0.2, 0.25) is 0 Å². The van der Waals surface area contributed by atoms with Gasteiger partial charge in [-0.3, -0.25) is 0 Å². The Morgan fingerprint density at radius 2 is 2.10 bits per heavy atom. The third-order valence-corrected chi connectivity index (χ3v) is 5.82. The molecule has 2 aromatic heterocycles. The Hall–Kier alpha value is -1.44. The van der Waals surface area contributed by atoms with Gasteiger partial charge in [0.25, 0.3) is 0 Å². The fraction of sp³-hybridized carbons (Fsp3) is 0.357. The largest absolute Gasteiger partial charge is 0.373 e. The summed E-state index contributed by atoms with van der Waals surface area (Å²) in [5.41, 5.74) is -0.250. The number of pyridine rings is 1. The summed E-state index contributed by atoms with van der Waals surface area (Å²) in [6, 6.07) is 6.99. The molecule has 0 fully saturated rings. The van der Waals surface area contributed by atoms with Gasteiger partial charge in [0.15, 0.2) is 0 Å². The Morgan fingerprint density at radius 1 is 1.33 bits per heavy atom. The second-order valence-electron chi connectivity index (χ2n) is 5.31. The smallest absolute Gasteiger partial charge is 0.240 e. The van der Waals surface area contributed by atoms with Gasteiger partial charge in [0.1, 0.15) is 5.82 Å². The Morgan fingerprint density at radius 3 is 2.71 bits per heavy atom. The quantitative estimate of drug-likeness (QED) is 0.856. The van der Waals surface area contributed by atoms with Crippen molar-refractivity contribution in [2.75, 3.05) is 18.9 Å². The van der Waals surface area contributed by atoms with Crippen molar-refractivity contribution >= 4 is 27.2 Å². The minimum absolute atomic E-state index is 0.212. The molecule has 21 heavy (non-hydrogen) atoms. The standard InChI is InChI=1S/C14H19N3O2S2/c1-14(2,12-5-4-8-20-12)10-17-21(18,19)11-6-7-16-13(9-11)15-3/h4-9,17H,10H2,1-3H3,(H,15,16). The first-order valence-corrected chi connectivity index (χ1v) is 8.89. The predicted molar refractivity (Wildman–Crippen MR) is 86.3 cm³/mol. The van der Waals surface area contributed by atoms with Crippen molar-refractivity contribution in [1.29, 1.82) is 0 Å². The molecule has 2 N–H and O–H groups in total. The lowest BCUT2D eigenvalue weighted by Gasteiger charge is -2.23. The second-order valence-corrected chi connectivity index (χ2v) is 8.03. The molecule has 5 nitrogen and oxygen atoms in total. The average molecular weight is 325 g/mol. The molecule has 2 rings (SSSR count). The van der Waals surface area contributed by atoms with Crippen molar-refractivity contribution in [3.8, 4) is 0 Å². The van der Waals surface area contributed by atoms with Crippen LogP contribution in [0.4, 0.5) is 5.82 Å². The zero-order chi connectivity index (χ0) is 15.5. The topological polar surface area (TPSA) is 71.1 Å². The van der Waals surface area contributed by atoms with Crippen LogP contribution in [-0.2, 0) is 15.4 Å². The van der Waals surface area contributed by atoms with Crippen LogP contribution in [0, 0.1) is 0 Å². The highest BCUT2D eigenvalue weighted by Crippen LogP contribution is 2.27. The van der Waals surface area contributed by atoms with E-state index in [1.807, 2.05) is 31.4 Å². The van der Waals surface area contributed by atoms with E-state index in [1.165, 1.54) is 18.3 Å². The van der Waals surface area contributed by atoms with Crippen LogP contribution >= 0.6 is 11.3 Å². The maximum atomic E-state index is 12.4. The van der Waals surface area contributed by atoms with E-state index in [9.17, 15) is 8.42 Å². The van der Waals surface area contributed by atoms with Gasteiger partial charge in [-0.1, -0.05) is 19.9 Å². The molecule has 0 amide bonds. The summed E-state index contributed by atoms with van der Waals surface area (Å²) in [4.78, 5) is 5.38. The molecule has 0 aliphatic carbocycles. The van der Waals surface area contributed by atoms with E-state index >= 15 is 0 Å². The van der Waals surface area contributed by atoms with Crippen molar-refractivity contribution in [2.24, 2.45) is 0 Å². The number of hydrogen-bond acceptors (Lipinski definition) is 5. The van der Waals surface area contributed by atoms with E-state index in [2.05, 4.69) is 15.0 Å². The van der Waals surface area contributed by atoms with Gasteiger partial charge in [0.05, 0.1) is 4.90 Å². The van der Waals surface area contributed by atoms with Gasteiger partial charge in [-0.15, -0.1) is 11.3 Å². The van der Waals surface area contributed by atoms with Gasteiger partial charge in [-0.2, -0.15) is 0 Å². The van der Waals surface area contributed by atoms with Crippen LogP contribution in [0.15, 0.2) is 40.7 Å². The number of thiophene rings is 1. The normalized spacial score (nSPS) is 12.3. The van der Waals surface area contributed by atoms with Gasteiger partial charge in [0, 0.05) is 36.1 Å². The van der Waals surface area contributed by atoms with Crippen LogP contribution in [-0.4, -0.2) is 27.0 Å². The molecular weight excluding hydrogens is 306 g/mol. The van der Waals surface area contributed by atoms with E-state index < -0.39 is 10.0 Å². The van der Waals surface area contributed by atoms with Crippen molar-refractivity contribution in [3.05, 3.63) is 40.7 Å². The number of anilines is 1. The highest BCUT2D eigenvalue weighted by molar-refractivity contribution is 7.89. The molecule has 2 aromatic rings. The number of hydrogen-bond donors (Lipinski definition) is 2. The molecule has 0 bridgehead atoms.